The molecule has 0 saturated carbocycles. The summed E-state index contributed by atoms with van der Waals surface area (Å²) in [5.74, 6) is 0.0757. The number of carbonyl (C=O) groups is 2. The third-order valence-electron chi connectivity index (χ3n) is 5.10. The number of hydrogen-bond acceptors (Lipinski definition) is 5. The molecule has 1 atom stereocenters. The number of rotatable bonds is 4. The summed E-state index contributed by atoms with van der Waals surface area (Å²) < 4.78 is 5.39. The number of esters is 1. The lowest BCUT2D eigenvalue weighted by atomic mass is 9.99. The van der Waals surface area contributed by atoms with E-state index in [0.29, 0.717) is 11.5 Å². The molecule has 6 heteroatoms. The standard InChI is InChI=1S/C20H27N3O3/c1-14-8-11-22(12-9-14)19(24)16(3)26-20(25)17-4-6-18(7-5-17)23-13-10-15(2)21-23/h4-7,14,16H,8-13H2,1-3H3. The van der Waals surface area contributed by atoms with Crippen molar-refractivity contribution in [3.63, 3.8) is 0 Å². The second kappa shape index (κ2) is 7.89. The Balaban J connectivity index is 1.56. The largest absolute Gasteiger partial charge is 0.449 e. The summed E-state index contributed by atoms with van der Waals surface area (Å²) in [6, 6.07) is 7.16. The molecule has 1 saturated heterocycles. The maximum atomic E-state index is 12.5. The van der Waals surface area contributed by atoms with Crippen molar-refractivity contribution in [3.05, 3.63) is 29.8 Å². The molecule has 6 nitrogen and oxygen atoms in total. The zero-order chi connectivity index (χ0) is 18.7. The van der Waals surface area contributed by atoms with Crippen LogP contribution in [0, 0.1) is 5.92 Å². The molecule has 0 aliphatic carbocycles. The summed E-state index contributed by atoms with van der Waals surface area (Å²) in [5.41, 5.74) is 2.50. The molecule has 1 aromatic rings. The van der Waals surface area contributed by atoms with E-state index in [4.69, 9.17) is 4.74 Å². The molecule has 3 rings (SSSR count). The molecule has 26 heavy (non-hydrogen) atoms. The molecule has 2 aliphatic rings. The van der Waals surface area contributed by atoms with E-state index in [1.807, 2.05) is 24.1 Å². The SMILES string of the molecule is CC1=NN(c2ccc(C(=O)OC(C)C(=O)N3CCC(C)CC3)cc2)CC1. The van der Waals surface area contributed by atoms with Crippen LogP contribution in [-0.2, 0) is 9.53 Å². The van der Waals surface area contributed by atoms with Crippen LogP contribution in [0.2, 0.25) is 0 Å². The van der Waals surface area contributed by atoms with Gasteiger partial charge in [-0.15, -0.1) is 0 Å². The Morgan fingerprint density at radius 3 is 2.38 bits per heavy atom. The lowest BCUT2D eigenvalue weighted by molar-refractivity contribution is -0.141. The minimum absolute atomic E-state index is 0.108. The molecule has 2 aliphatic heterocycles. The Kier molecular flexibility index (Phi) is 5.59. The zero-order valence-corrected chi connectivity index (χ0v) is 15.8. The van der Waals surface area contributed by atoms with Crippen LogP contribution in [0.5, 0.6) is 0 Å². The first-order valence-corrected chi connectivity index (χ1v) is 9.35. The van der Waals surface area contributed by atoms with Crippen molar-refractivity contribution in [3.8, 4) is 0 Å². The third kappa shape index (κ3) is 4.23. The third-order valence-corrected chi connectivity index (χ3v) is 5.10. The van der Waals surface area contributed by atoms with Crippen molar-refractivity contribution in [1.29, 1.82) is 0 Å². The number of amides is 1. The quantitative estimate of drug-likeness (QED) is 0.777. The van der Waals surface area contributed by atoms with Crippen molar-refractivity contribution in [1.82, 2.24) is 4.90 Å². The highest BCUT2D eigenvalue weighted by Crippen LogP contribution is 2.21. The van der Waals surface area contributed by atoms with E-state index < -0.39 is 12.1 Å². The molecular weight excluding hydrogens is 330 g/mol. The van der Waals surface area contributed by atoms with Crippen LogP contribution in [0.25, 0.3) is 0 Å². The van der Waals surface area contributed by atoms with Gasteiger partial charge in [-0.1, -0.05) is 6.92 Å². The number of hydrogen-bond donors (Lipinski definition) is 0. The molecule has 1 fully saturated rings. The smallest absolute Gasteiger partial charge is 0.338 e. The Morgan fingerprint density at radius 1 is 1.15 bits per heavy atom. The molecule has 2 heterocycles. The summed E-state index contributed by atoms with van der Waals surface area (Å²) in [7, 11) is 0. The Hall–Kier alpha value is -2.37. The average molecular weight is 357 g/mol. The number of hydrazone groups is 1. The average Bonchev–Trinajstić information content (AvgIpc) is 3.08. The van der Waals surface area contributed by atoms with Crippen LogP contribution in [0.3, 0.4) is 0 Å². The lowest BCUT2D eigenvalue weighted by Gasteiger charge is -2.31. The Labute approximate surface area is 154 Å². The first-order valence-electron chi connectivity index (χ1n) is 9.35. The molecule has 0 radical (unpaired) electrons. The topological polar surface area (TPSA) is 62.2 Å². The van der Waals surface area contributed by atoms with E-state index in [-0.39, 0.29) is 5.91 Å². The van der Waals surface area contributed by atoms with Gasteiger partial charge in [0.05, 0.1) is 11.3 Å². The number of nitrogens with zero attached hydrogens (tertiary/aromatic N) is 3. The predicted octanol–water partition coefficient (Wildman–Crippen LogP) is 3.08. The van der Waals surface area contributed by atoms with Gasteiger partial charge >= 0.3 is 5.97 Å². The van der Waals surface area contributed by atoms with Crippen molar-refractivity contribution < 1.29 is 14.3 Å². The fourth-order valence-corrected chi connectivity index (χ4v) is 3.30. The van der Waals surface area contributed by atoms with Crippen molar-refractivity contribution in [2.24, 2.45) is 11.0 Å². The highest BCUT2D eigenvalue weighted by Gasteiger charge is 2.27. The van der Waals surface area contributed by atoms with Crippen molar-refractivity contribution in [2.45, 2.75) is 46.1 Å². The van der Waals surface area contributed by atoms with Gasteiger partial charge in [0.1, 0.15) is 0 Å². The molecule has 1 unspecified atom stereocenters. The maximum Gasteiger partial charge on any atom is 0.338 e. The van der Waals surface area contributed by atoms with Crippen LogP contribution in [0.15, 0.2) is 29.4 Å². The van der Waals surface area contributed by atoms with E-state index in [2.05, 4.69) is 12.0 Å². The van der Waals surface area contributed by atoms with Gasteiger partial charge in [0.25, 0.3) is 5.91 Å². The monoisotopic (exact) mass is 357 g/mol. The van der Waals surface area contributed by atoms with E-state index in [9.17, 15) is 9.59 Å². The van der Waals surface area contributed by atoms with Gasteiger partial charge < -0.3 is 9.64 Å². The van der Waals surface area contributed by atoms with Crippen LogP contribution < -0.4 is 5.01 Å². The van der Waals surface area contributed by atoms with E-state index in [0.717, 1.165) is 50.3 Å². The minimum Gasteiger partial charge on any atom is -0.449 e. The Bertz CT molecular complexity index is 691. The second-order valence-corrected chi connectivity index (χ2v) is 7.31. The highest BCUT2D eigenvalue weighted by atomic mass is 16.5. The summed E-state index contributed by atoms with van der Waals surface area (Å²) in [6.07, 6.45) is 2.21. The van der Waals surface area contributed by atoms with Gasteiger partial charge in [-0.25, -0.2) is 4.79 Å². The highest BCUT2D eigenvalue weighted by molar-refractivity contribution is 5.92. The summed E-state index contributed by atoms with van der Waals surface area (Å²) in [5, 5.41) is 6.37. The molecule has 1 aromatic carbocycles. The number of carbonyl (C=O) groups excluding carboxylic acids is 2. The molecule has 1 amide bonds. The number of likely N-dealkylation sites (tertiary alicyclic amines) is 1. The summed E-state index contributed by atoms with van der Waals surface area (Å²) >= 11 is 0. The number of benzene rings is 1. The first kappa shape index (κ1) is 18.4. The van der Waals surface area contributed by atoms with E-state index in [1.165, 1.54) is 0 Å². The normalized spacial score (nSPS) is 19.3. The maximum absolute atomic E-state index is 12.5. The van der Waals surface area contributed by atoms with E-state index in [1.54, 1.807) is 24.0 Å². The molecule has 0 spiro atoms. The van der Waals surface area contributed by atoms with Gasteiger partial charge in [-0.2, -0.15) is 5.10 Å². The van der Waals surface area contributed by atoms with Gasteiger partial charge in [0, 0.05) is 31.8 Å². The van der Waals surface area contributed by atoms with Crippen molar-refractivity contribution >= 4 is 23.3 Å². The first-order chi connectivity index (χ1) is 12.4. The van der Waals surface area contributed by atoms with Gasteiger partial charge in [0.2, 0.25) is 0 Å². The second-order valence-electron chi connectivity index (χ2n) is 7.31. The van der Waals surface area contributed by atoms with Crippen LogP contribution >= 0.6 is 0 Å². The number of anilines is 1. The van der Waals surface area contributed by atoms with Crippen LogP contribution in [-0.4, -0.2) is 48.2 Å². The van der Waals surface area contributed by atoms with Gasteiger partial charge in [-0.05, 0) is 56.9 Å². The zero-order valence-electron chi connectivity index (χ0n) is 15.8. The van der Waals surface area contributed by atoms with Crippen LogP contribution in [0.1, 0.15) is 50.4 Å². The minimum atomic E-state index is -0.763. The molecule has 0 N–H and O–H groups in total. The van der Waals surface area contributed by atoms with Gasteiger partial charge in [0.15, 0.2) is 6.10 Å². The molecule has 0 bridgehead atoms. The fraction of sp³-hybridized carbons (Fsp3) is 0.550. The predicted molar refractivity (Wildman–Crippen MR) is 101 cm³/mol. The molecular formula is C20H27N3O3. The van der Waals surface area contributed by atoms with Crippen molar-refractivity contribution in [2.75, 3.05) is 24.6 Å². The van der Waals surface area contributed by atoms with Gasteiger partial charge in [-0.3, -0.25) is 9.80 Å². The lowest BCUT2D eigenvalue weighted by Crippen LogP contribution is -2.44. The number of ether oxygens (including phenoxy) is 1. The fourth-order valence-electron chi connectivity index (χ4n) is 3.30. The van der Waals surface area contributed by atoms with Crippen LogP contribution in [0.4, 0.5) is 5.69 Å². The summed E-state index contributed by atoms with van der Waals surface area (Å²) in [4.78, 5) is 26.6. The molecule has 0 aromatic heterocycles. The Morgan fingerprint density at radius 2 is 1.81 bits per heavy atom. The summed E-state index contributed by atoms with van der Waals surface area (Å²) in [6.45, 7) is 8.19. The van der Waals surface area contributed by atoms with E-state index >= 15 is 0 Å². The number of piperidine rings is 1. The molecule has 140 valence electrons.